The summed E-state index contributed by atoms with van der Waals surface area (Å²) >= 11 is 0. The second kappa shape index (κ2) is 10.1. The lowest BCUT2D eigenvalue weighted by molar-refractivity contribution is -0.348. The summed E-state index contributed by atoms with van der Waals surface area (Å²) in [6.07, 6.45) is -12.9. The van der Waals surface area contributed by atoms with E-state index in [0.29, 0.717) is 6.61 Å². The summed E-state index contributed by atoms with van der Waals surface area (Å²) in [5, 5.41) is 62.4. The van der Waals surface area contributed by atoms with Gasteiger partial charge in [-0.3, -0.25) is 4.79 Å². The smallest absolute Gasteiger partial charge is 0.217 e. The van der Waals surface area contributed by atoms with Crippen LogP contribution < -0.4 is 5.32 Å². The Bertz CT molecular complexity index is 575. The van der Waals surface area contributed by atoms with E-state index in [-0.39, 0.29) is 12.7 Å². The fraction of sp³-hybridized carbons (Fsp3) is 0.941. The number of aliphatic hydroxyl groups excluding tert-OH is 6. The molecule has 0 aromatic carbocycles. The van der Waals surface area contributed by atoms with E-state index in [9.17, 15) is 35.4 Å². The SMILES string of the molecule is CC(=O)N[C@H]1[C@H](OCC2CO2)O[C@H](CO)[C@@H](O[C@@H]2O[C@H](CO)[C@@H](O)[C@H](O)[C@@H]2O)[C@@H]1O. The molecule has 3 aliphatic rings. The van der Waals surface area contributed by atoms with E-state index >= 15 is 0 Å². The van der Waals surface area contributed by atoms with Crippen LogP contribution in [0.2, 0.25) is 0 Å². The van der Waals surface area contributed by atoms with Gasteiger partial charge in [0.15, 0.2) is 12.6 Å². The second-order valence-electron chi connectivity index (χ2n) is 7.53. The van der Waals surface area contributed by atoms with Crippen molar-refractivity contribution in [2.45, 2.75) is 74.4 Å². The minimum Gasteiger partial charge on any atom is -0.394 e. The van der Waals surface area contributed by atoms with Crippen molar-refractivity contribution in [2.24, 2.45) is 0 Å². The Hall–Kier alpha value is -0.970. The molecule has 174 valence electrons. The first kappa shape index (κ1) is 23.7. The monoisotopic (exact) mass is 439 g/mol. The maximum absolute atomic E-state index is 11.6. The van der Waals surface area contributed by atoms with E-state index in [0.717, 1.165) is 0 Å². The first-order valence-electron chi connectivity index (χ1n) is 9.67. The molecule has 3 aliphatic heterocycles. The van der Waals surface area contributed by atoms with Crippen LogP contribution in [0.25, 0.3) is 0 Å². The van der Waals surface area contributed by atoms with Gasteiger partial charge in [0.05, 0.1) is 26.4 Å². The number of epoxide rings is 1. The van der Waals surface area contributed by atoms with Gasteiger partial charge in [-0.25, -0.2) is 0 Å². The highest BCUT2D eigenvalue weighted by atomic mass is 16.7. The lowest BCUT2D eigenvalue weighted by Crippen LogP contribution is -2.67. The number of hydrogen-bond donors (Lipinski definition) is 7. The molecule has 3 saturated heterocycles. The minimum absolute atomic E-state index is 0.112. The summed E-state index contributed by atoms with van der Waals surface area (Å²) < 4.78 is 27.2. The molecule has 11 atom stereocenters. The average Bonchev–Trinajstić information content (AvgIpc) is 3.54. The lowest BCUT2D eigenvalue weighted by atomic mass is 9.95. The van der Waals surface area contributed by atoms with Crippen molar-refractivity contribution >= 4 is 5.91 Å². The van der Waals surface area contributed by atoms with Gasteiger partial charge in [0, 0.05) is 6.92 Å². The van der Waals surface area contributed by atoms with Crippen LogP contribution in [0.15, 0.2) is 0 Å². The van der Waals surface area contributed by atoms with Crippen LogP contribution in [0.1, 0.15) is 6.92 Å². The van der Waals surface area contributed by atoms with E-state index < -0.39 is 80.5 Å². The van der Waals surface area contributed by atoms with Gasteiger partial charge in [-0.15, -0.1) is 0 Å². The molecule has 13 nitrogen and oxygen atoms in total. The fourth-order valence-electron chi connectivity index (χ4n) is 3.47. The molecule has 1 unspecified atom stereocenters. The molecule has 0 radical (unpaired) electrons. The zero-order chi connectivity index (χ0) is 22.0. The standard InChI is InChI=1S/C17H29NO12/c1-6(21)18-10-12(23)15(9(3-20)29-16(10)27-5-7-4-26-7)30-17-14(25)13(24)11(22)8(2-19)28-17/h7-17,19-20,22-25H,2-5H2,1H3,(H,18,21)/t7?,8-,9-,10-,11-,12-,13+,14+,15-,16-,17+/m1/s1. The summed E-state index contributed by atoms with van der Waals surface area (Å²) in [6, 6.07) is -1.08. The first-order valence-corrected chi connectivity index (χ1v) is 9.67. The molecule has 0 aliphatic carbocycles. The number of nitrogens with one attached hydrogen (secondary N) is 1. The third kappa shape index (κ3) is 5.26. The average molecular weight is 439 g/mol. The van der Waals surface area contributed by atoms with Crippen LogP contribution in [0.3, 0.4) is 0 Å². The van der Waals surface area contributed by atoms with Crippen LogP contribution in [0, 0.1) is 0 Å². The van der Waals surface area contributed by atoms with Gasteiger partial charge in [-0.1, -0.05) is 0 Å². The number of amides is 1. The normalized spacial score (nSPS) is 46.4. The van der Waals surface area contributed by atoms with Gasteiger partial charge < -0.3 is 59.6 Å². The van der Waals surface area contributed by atoms with Gasteiger partial charge in [-0.05, 0) is 0 Å². The summed E-state index contributed by atoms with van der Waals surface area (Å²) in [7, 11) is 0. The molecule has 7 N–H and O–H groups in total. The van der Waals surface area contributed by atoms with Crippen LogP contribution in [0.5, 0.6) is 0 Å². The van der Waals surface area contributed by atoms with Crippen LogP contribution in [0.4, 0.5) is 0 Å². The molecule has 3 heterocycles. The lowest BCUT2D eigenvalue weighted by Gasteiger charge is -2.47. The Morgan fingerprint density at radius 1 is 0.967 bits per heavy atom. The summed E-state index contributed by atoms with van der Waals surface area (Å²) in [6.45, 7) is 0.646. The van der Waals surface area contributed by atoms with E-state index in [2.05, 4.69) is 5.32 Å². The summed E-state index contributed by atoms with van der Waals surface area (Å²) in [5.41, 5.74) is 0. The Labute approximate surface area is 172 Å². The van der Waals surface area contributed by atoms with Gasteiger partial charge in [-0.2, -0.15) is 0 Å². The maximum Gasteiger partial charge on any atom is 0.217 e. The van der Waals surface area contributed by atoms with Crippen molar-refractivity contribution in [3.05, 3.63) is 0 Å². The van der Waals surface area contributed by atoms with Crippen molar-refractivity contribution in [3.8, 4) is 0 Å². The van der Waals surface area contributed by atoms with Gasteiger partial charge in [0.1, 0.15) is 54.9 Å². The number of carbonyl (C=O) groups excluding carboxylic acids is 1. The minimum atomic E-state index is -1.71. The highest BCUT2D eigenvalue weighted by molar-refractivity contribution is 5.73. The molecular weight excluding hydrogens is 410 g/mol. The Balaban J connectivity index is 1.74. The Kier molecular flexibility index (Phi) is 7.97. The molecule has 0 aromatic rings. The molecule has 0 bridgehead atoms. The van der Waals surface area contributed by atoms with Crippen LogP contribution in [-0.2, 0) is 28.5 Å². The fourth-order valence-corrected chi connectivity index (χ4v) is 3.47. The predicted octanol–water partition coefficient (Wildman–Crippen LogP) is -4.83. The zero-order valence-corrected chi connectivity index (χ0v) is 16.3. The van der Waals surface area contributed by atoms with Crippen molar-refractivity contribution < 1.29 is 59.1 Å². The van der Waals surface area contributed by atoms with E-state index in [1.807, 2.05) is 0 Å². The maximum atomic E-state index is 11.6. The van der Waals surface area contributed by atoms with Crippen LogP contribution >= 0.6 is 0 Å². The van der Waals surface area contributed by atoms with Crippen molar-refractivity contribution in [1.82, 2.24) is 5.32 Å². The van der Waals surface area contributed by atoms with Crippen molar-refractivity contribution in [1.29, 1.82) is 0 Å². The van der Waals surface area contributed by atoms with E-state index in [4.69, 9.17) is 23.7 Å². The highest BCUT2D eigenvalue weighted by Gasteiger charge is 2.51. The van der Waals surface area contributed by atoms with Crippen molar-refractivity contribution in [3.63, 3.8) is 0 Å². The van der Waals surface area contributed by atoms with Gasteiger partial charge in [0.2, 0.25) is 5.91 Å². The third-order valence-electron chi connectivity index (χ3n) is 5.21. The molecule has 1 amide bonds. The first-order chi connectivity index (χ1) is 14.3. The number of hydrogen-bond acceptors (Lipinski definition) is 12. The molecule has 13 heteroatoms. The Morgan fingerprint density at radius 3 is 2.17 bits per heavy atom. The topological polar surface area (TPSA) is 200 Å². The number of carbonyl (C=O) groups is 1. The van der Waals surface area contributed by atoms with Crippen molar-refractivity contribution in [2.75, 3.05) is 26.4 Å². The zero-order valence-electron chi connectivity index (χ0n) is 16.3. The predicted molar refractivity (Wildman–Crippen MR) is 93.7 cm³/mol. The van der Waals surface area contributed by atoms with Crippen LogP contribution in [-0.4, -0.2) is 130 Å². The van der Waals surface area contributed by atoms with Gasteiger partial charge in [0.25, 0.3) is 0 Å². The molecule has 0 spiro atoms. The molecule has 0 saturated carbocycles. The molecule has 30 heavy (non-hydrogen) atoms. The molecule has 0 aromatic heterocycles. The van der Waals surface area contributed by atoms with Gasteiger partial charge >= 0.3 is 0 Å². The Morgan fingerprint density at radius 2 is 1.60 bits per heavy atom. The molecule has 3 fully saturated rings. The number of rotatable bonds is 8. The summed E-state index contributed by atoms with van der Waals surface area (Å²) in [4.78, 5) is 11.6. The largest absolute Gasteiger partial charge is 0.394 e. The molecular formula is C17H29NO12. The highest BCUT2D eigenvalue weighted by Crippen LogP contribution is 2.30. The summed E-state index contributed by atoms with van der Waals surface area (Å²) in [5.74, 6) is -0.479. The van der Waals surface area contributed by atoms with E-state index in [1.165, 1.54) is 6.92 Å². The third-order valence-corrected chi connectivity index (χ3v) is 5.21. The number of aliphatic hydroxyl groups is 6. The quantitative estimate of drug-likeness (QED) is 0.178. The van der Waals surface area contributed by atoms with E-state index in [1.54, 1.807) is 0 Å². The molecule has 3 rings (SSSR count). The number of ether oxygens (including phenoxy) is 5. The second-order valence-corrected chi connectivity index (χ2v) is 7.53.